The Bertz CT molecular complexity index is 484. The quantitative estimate of drug-likeness (QED) is 0.627. The standard InChI is InChI=1S/C10H14N4O4/c1-12-6-8(14(17)18)9(11-12)13-4-2-3-7(5-13)10(15)16/h6-7H,2-5H2,1H3,(H,15,16). The molecule has 0 aromatic carbocycles. The molecule has 1 aromatic heterocycles. The minimum atomic E-state index is -0.863. The number of hydrogen-bond acceptors (Lipinski definition) is 5. The number of nitro groups is 1. The summed E-state index contributed by atoms with van der Waals surface area (Å²) in [6, 6.07) is 0. The molecule has 2 heterocycles. The molecule has 0 radical (unpaired) electrons. The van der Waals surface area contributed by atoms with Crippen LogP contribution in [-0.4, -0.2) is 38.9 Å². The van der Waals surface area contributed by atoms with Gasteiger partial charge in [0.05, 0.1) is 10.8 Å². The molecule has 0 aliphatic carbocycles. The van der Waals surface area contributed by atoms with Gasteiger partial charge >= 0.3 is 11.7 Å². The molecule has 0 spiro atoms. The molecule has 0 saturated carbocycles. The number of carboxylic acids is 1. The summed E-state index contributed by atoms with van der Waals surface area (Å²) in [5.74, 6) is -1.09. The first-order chi connectivity index (χ1) is 8.49. The fraction of sp³-hybridized carbons (Fsp3) is 0.600. The summed E-state index contributed by atoms with van der Waals surface area (Å²) >= 11 is 0. The summed E-state index contributed by atoms with van der Waals surface area (Å²) in [5, 5.41) is 24.0. The van der Waals surface area contributed by atoms with Crippen LogP contribution in [0.25, 0.3) is 0 Å². The van der Waals surface area contributed by atoms with Crippen LogP contribution in [-0.2, 0) is 11.8 Å². The molecule has 8 heteroatoms. The lowest BCUT2D eigenvalue weighted by atomic mass is 9.98. The van der Waals surface area contributed by atoms with Crippen LogP contribution in [0, 0.1) is 16.0 Å². The smallest absolute Gasteiger partial charge is 0.330 e. The van der Waals surface area contributed by atoms with Gasteiger partial charge in [-0.15, -0.1) is 5.10 Å². The molecule has 0 bridgehead atoms. The van der Waals surface area contributed by atoms with E-state index in [0.29, 0.717) is 19.4 Å². The van der Waals surface area contributed by atoms with Crippen LogP contribution < -0.4 is 4.90 Å². The van der Waals surface area contributed by atoms with Crippen molar-refractivity contribution in [2.75, 3.05) is 18.0 Å². The van der Waals surface area contributed by atoms with Crippen molar-refractivity contribution in [2.24, 2.45) is 13.0 Å². The van der Waals surface area contributed by atoms with E-state index in [9.17, 15) is 14.9 Å². The molecule has 2 rings (SSSR count). The van der Waals surface area contributed by atoms with Crippen molar-refractivity contribution in [1.29, 1.82) is 0 Å². The van der Waals surface area contributed by atoms with E-state index in [2.05, 4.69) is 5.10 Å². The van der Waals surface area contributed by atoms with Crippen molar-refractivity contribution in [3.05, 3.63) is 16.3 Å². The lowest BCUT2D eigenvalue weighted by Crippen LogP contribution is -2.39. The molecular weight excluding hydrogens is 240 g/mol. The molecule has 1 N–H and O–H groups in total. The van der Waals surface area contributed by atoms with E-state index in [0.717, 1.165) is 0 Å². The number of carboxylic acid groups (broad SMARTS) is 1. The first kappa shape index (κ1) is 12.3. The van der Waals surface area contributed by atoms with Crippen LogP contribution in [0.3, 0.4) is 0 Å². The number of nitrogens with zero attached hydrogens (tertiary/aromatic N) is 4. The highest BCUT2D eigenvalue weighted by molar-refractivity contribution is 5.71. The predicted octanol–water partition coefficient (Wildman–Crippen LogP) is 0.629. The van der Waals surface area contributed by atoms with E-state index in [1.165, 1.54) is 10.9 Å². The van der Waals surface area contributed by atoms with E-state index < -0.39 is 16.8 Å². The van der Waals surface area contributed by atoms with Gasteiger partial charge in [0, 0.05) is 20.1 Å². The zero-order valence-corrected chi connectivity index (χ0v) is 9.94. The molecule has 1 saturated heterocycles. The molecular formula is C10H14N4O4. The molecule has 1 unspecified atom stereocenters. The third kappa shape index (κ3) is 2.27. The highest BCUT2D eigenvalue weighted by Gasteiger charge is 2.31. The summed E-state index contributed by atoms with van der Waals surface area (Å²) in [4.78, 5) is 23.1. The Morgan fingerprint density at radius 2 is 2.39 bits per heavy atom. The third-order valence-electron chi connectivity index (χ3n) is 3.06. The van der Waals surface area contributed by atoms with Crippen molar-refractivity contribution in [3.63, 3.8) is 0 Å². The Balaban J connectivity index is 2.25. The molecule has 1 fully saturated rings. The average Bonchev–Trinajstić information content (AvgIpc) is 2.72. The van der Waals surface area contributed by atoms with Crippen molar-refractivity contribution in [1.82, 2.24) is 9.78 Å². The predicted molar refractivity (Wildman–Crippen MR) is 62.4 cm³/mol. The number of piperidine rings is 1. The zero-order valence-electron chi connectivity index (χ0n) is 9.94. The van der Waals surface area contributed by atoms with Gasteiger partial charge in [-0.05, 0) is 12.8 Å². The lowest BCUT2D eigenvalue weighted by molar-refractivity contribution is -0.384. The molecule has 1 aromatic rings. The number of rotatable bonds is 3. The van der Waals surface area contributed by atoms with Crippen LogP contribution >= 0.6 is 0 Å². The minimum Gasteiger partial charge on any atom is -0.481 e. The largest absolute Gasteiger partial charge is 0.481 e. The first-order valence-corrected chi connectivity index (χ1v) is 5.65. The maximum Gasteiger partial charge on any atom is 0.330 e. The molecule has 1 atom stereocenters. The third-order valence-corrected chi connectivity index (χ3v) is 3.06. The van der Waals surface area contributed by atoms with Crippen LogP contribution in [0.15, 0.2) is 6.20 Å². The highest BCUT2D eigenvalue weighted by Crippen LogP contribution is 2.29. The number of aryl methyl sites for hydroxylation is 1. The lowest BCUT2D eigenvalue weighted by Gasteiger charge is -2.30. The van der Waals surface area contributed by atoms with Gasteiger partial charge in [0.1, 0.15) is 6.20 Å². The number of hydrogen-bond donors (Lipinski definition) is 1. The van der Waals surface area contributed by atoms with Gasteiger partial charge in [0.15, 0.2) is 0 Å². The van der Waals surface area contributed by atoms with E-state index in [1.54, 1.807) is 11.9 Å². The summed E-state index contributed by atoms with van der Waals surface area (Å²) in [5.41, 5.74) is -0.0801. The molecule has 8 nitrogen and oxygen atoms in total. The summed E-state index contributed by atoms with van der Waals surface area (Å²) in [6.45, 7) is 0.870. The van der Waals surface area contributed by atoms with Gasteiger partial charge in [-0.2, -0.15) is 0 Å². The first-order valence-electron chi connectivity index (χ1n) is 5.65. The maximum absolute atomic E-state index is 11.0. The SMILES string of the molecule is Cn1cc([N+](=O)[O-])c(N2CCCC(C(=O)O)C2)n1. The van der Waals surface area contributed by atoms with Crippen molar-refractivity contribution in [2.45, 2.75) is 12.8 Å². The Morgan fingerprint density at radius 3 is 3.00 bits per heavy atom. The Labute approximate surface area is 103 Å². The van der Waals surface area contributed by atoms with Gasteiger partial charge < -0.3 is 10.0 Å². The molecule has 18 heavy (non-hydrogen) atoms. The van der Waals surface area contributed by atoms with Crippen molar-refractivity contribution < 1.29 is 14.8 Å². The van der Waals surface area contributed by atoms with E-state index >= 15 is 0 Å². The molecule has 1 aliphatic heterocycles. The fourth-order valence-corrected chi connectivity index (χ4v) is 2.19. The van der Waals surface area contributed by atoms with Gasteiger partial charge in [-0.1, -0.05) is 0 Å². The van der Waals surface area contributed by atoms with Gasteiger partial charge in [0.25, 0.3) is 0 Å². The number of carbonyl (C=O) groups is 1. The minimum absolute atomic E-state index is 0.0801. The summed E-state index contributed by atoms with van der Waals surface area (Å²) in [6.07, 6.45) is 2.64. The van der Waals surface area contributed by atoms with Gasteiger partial charge in [-0.3, -0.25) is 19.6 Å². The van der Waals surface area contributed by atoms with Gasteiger partial charge in [0.2, 0.25) is 5.82 Å². The number of aromatic nitrogens is 2. The monoisotopic (exact) mass is 254 g/mol. The Hall–Kier alpha value is -2.12. The molecule has 0 amide bonds. The van der Waals surface area contributed by atoms with Gasteiger partial charge in [-0.25, -0.2) is 0 Å². The zero-order chi connectivity index (χ0) is 13.3. The Kier molecular flexibility index (Phi) is 3.17. The second kappa shape index (κ2) is 4.63. The normalized spacial score (nSPS) is 19.8. The highest BCUT2D eigenvalue weighted by atomic mass is 16.6. The van der Waals surface area contributed by atoms with Crippen molar-refractivity contribution >= 4 is 17.5 Å². The number of aliphatic carboxylic acids is 1. The second-order valence-corrected chi connectivity index (χ2v) is 4.39. The van der Waals surface area contributed by atoms with E-state index in [4.69, 9.17) is 5.11 Å². The topological polar surface area (TPSA) is 102 Å². The van der Waals surface area contributed by atoms with Crippen LogP contribution in [0.1, 0.15) is 12.8 Å². The maximum atomic E-state index is 11.0. The second-order valence-electron chi connectivity index (χ2n) is 4.39. The van der Waals surface area contributed by atoms with Crippen LogP contribution in [0.5, 0.6) is 0 Å². The molecule has 1 aliphatic rings. The van der Waals surface area contributed by atoms with E-state index in [1.807, 2.05) is 0 Å². The fourth-order valence-electron chi connectivity index (χ4n) is 2.19. The average molecular weight is 254 g/mol. The van der Waals surface area contributed by atoms with E-state index in [-0.39, 0.29) is 18.1 Å². The number of anilines is 1. The van der Waals surface area contributed by atoms with Crippen LogP contribution in [0.4, 0.5) is 11.5 Å². The van der Waals surface area contributed by atoms with Crippen molar-refractivity contribution in [3.8, 4) is 0 Å². The Morgan fingerprint density at radius 1 is 1.67 bits per heavy atom. The summed E-state index contributed by atoms with van der Waals surface area (Å²) < 4.78 is 1.37. The molecule has 98 valence electrons. The van der Waals surface area contributed by atoms with Crippen LogP contribution in [0.2, 0.25) is 0 Å². The summed E-state index contributed by atoms with van der Waals surface area (Å²) in [7, 11) is 1.61.